The van der Waals surface area contributed by atoms with Crippen LogP contribution in [0.4, 0.5) is 10.5 Å². The van der Waals surface area contributed by atoms with Gasteiger partial charge in [0.05, 0.1) is 5.69 Å². The van der Waals surface area contributed by atoms with Crippen molar-refractivity contribution >= 4 is 46.2 Å². The number of hydrogen-bond donors (Lipinski definition) is 3. The Morgan fingerprint density at radius 2 is 1.56 bits per heavy atom. The number of amides is 2. The third-order valence-electron chi connectivity index (χ3n) is 5.77. The number of carboxylic acid groups (broad SMARTS) is 1. The molecule has 4 rings (SSSR count). The van der Waals surface area contributed by atoms with Crippen molar-refractivity contribution in [3.63, 3.8) is 0 Å². The van der Waals surface area contributed by atoms with Gasteiger partial charge < -0.3 is 15.2 Å². The van der Waals surface area contributed by atoms with E-state index in [0.29, 0.717) is 9.26 Å². The number of aliphatic carboxylic acids is 1. The Labute approximate surface area is 210 Å². The van der Waals surface area contributed by atoms with Crippen LogP contribution >= 0.6 is 22.6 Å². The van der Waals surface area contributed by atoms with E-state index in [9.17, 15) is 19.5 Å². The minimum absolute atomic E-state index is 0.0408. The smallest absolute Gasteiger partial charge is 0.411 e. The van der Waals surface area contributed by atoms with E-state index in [0.717, 1.165) is 22.3 Å². The molecule has 0 saturated heterocycles. The summed E-state index contributed by atoms with van der Waals surface area (Å²) in [5.41, 5.74) is 3.95. The maximum atomic E-state index is 12.5. The summed E-state index contributed by atoms with van der Waals surface area (Å²) in [5.74, 6) is -1.69. The number of rotatable bonds is 6. The number of carbonyl (C=O) groups excluding carboxylic acids is 2. The summed E-state index contributed by atoms with van der Waals surface area (Å²) in [5, 5.41) is 14.4. The maximum Gasteiger partial charge on any atom is 0.411 e. The van der Waals surface area contributed by atoms with Gasteiger partial charge in [0.25, 0.3) is 5.91 Å². The van der Waals surface area contributed by atoms with Gasteiger partial charge >= 0.3 is 12.1 Å². The Kier molecular flexibility index (Phi) is 6.60. The van der Waals surface area contributed by atoms with Crippen molar-refractivity contribution in [2.45, 2.75) is 25.3 Å². The molecule has 0 aromatic heterocycles. The van der Waals surface area contributed by atoms with Crippen LogP contribution in [-0.2, 0) is 9.53 Å². The van der Waals surface area contributed by atoms with E-state index in [-0.39, 0.29) is 18.1 Å². The van der Waals surface area contributed by atoms with Crippen LogP contribution < -0.4 is 10.6 Å². The fraction of sp³-hybridized carbons (Fsp3) is 0.192. The van der Waals surface area contributed by atoms with Crippen molar-refractivity contribution in [2.75, 3.05) is 11.9 Å². The Hall–Kier alpha value is -3.40. The highest BCUT2D eigenvalue weighted by atomic mass is 127. The minimum atomic E-state index is -1.40. The average molecular weight is 570 g/mol. The molecule has 1 aliphatic carbocycles. The van der Waals surface area contributed by atoms with Gasteiger partial charge in [0, 0.05) is 15.1 Å². The molecule has 8 heteroatoms. The molecule has 0 heterocycles. The molecule has 0 radical (unpaired) electrons. The predicted octanol–water partition coefficient (Wildman–Crippen LogP) is 5.25. The first kappa shape index (κ1) is 23.7. The number of benzene rings is 3. The summed E-state index contributed by atoms with van der Waals surface area (Å²) < 4.78 is 6.19. The van der Waals surface area contributed by atoms with Crippen molar-refractivity contribution in [3.05, 3.63) is 87.0 Å². The largest absolute Gasteiger partial charge is 0.480 e. The molecule has 0 spiro atoms. The Bertz CT molecular complexity index is 1240. The van der Waals surface area contributed by atoms with Crippen LogP contribution in [0.2, 0.25) is 0 Å². The second kappa shape index (κ2) is 9.46. The highest BCUT2D eigenvalue weighted by Gasteiger charge is 2.30. The lowest BCUT2D eigenvalue weighted by Gasteiger charge is -2.21. The summed E-state index contributed by atoms with van der Waals surface area (Å²) in [4.78, 5) is 36.2. The van der Waals surface area contributed by atoms with E-state index in [1.807, 2.05) is 46.9 Å². The van der Waals surface area contributed by atoms with Gasteiger partial charge in [0.2, 0.25) is 0 Å². The zero-order chi connectivity index (χ0) is 24.5. The van der Waals surface area contributed by atoms with Crippen molar-refractivity contribution in [1.82, 2.24) is 5.32 Å². The van der Waals surface area contributed by atoms with Crippen LogP contribution in [0.25, 0.3) is 11.1 Å². The summed E-state index contributed by atoms with van der Waals surface area (Å²) in [7, 11) is 0. The van der Waals surface area contributed by atoms with Gasteiger partial charge in [-0.1, -0.05) is 48.5 Å². The topological polar surface area (TPSA) is 105 Å². The first-order valence-electron chi connectivity index (χ1n) is 10.6. The van der Waals surface area contributed by atoms with E-state index in [1.54, 1.807) is 12.1 Å². The fourth-order valence-electron chi connectivity index (χ4n) is 3.91. The van der Waals surface area contributed by atoms with Crippen molar-refractivity contribution < 1.29 is 24.2 Å². The average Bonchev–Trinajstić information content (AvgIpc) is 3.12. The maximum absolute atomic E-state index is 12.5. The normalized spacial score (nSPS) is 12.4. The Morgan fingerprint density at radius 1 is 0.971 bits per heavy atom. The molecule has 3 N–H and O–H groups in total. The number of hydrogen-bond acceptors (Lipinski definition) is 4. The van der Waals surface area contributed by atoms with Crippen LogP contribution in [0.1, 0.15) is 41.3 Å². The molecule has 0 saturated carbocycles. The number of ether oxygens (including phenoxy) is 1. The predicted molar refractivity (Wildman–Crippen MR) is 137 cm³/mol. The molecule has 0 bridgehead atoms. The summed E-state index contributed by atoms with van der Waals surface area (Å²) in [6.45, 7) is 3.01. The molecular weight excluding hydrogens is 547 g/mol. The molecule has 0 atom stereocenters. The van der Waals surface area contributed by atoms with Gasteiger partial charge in [-0.25, -0.2) is 9.59 Å². The molecular formula is C26H23IN2O5. The summed E-state index contributed by atoms with van der Waals surface area (Å²) >= 11 is 2.00. The van der Waals surface area contributed by atoms with Crippen LogP contribution in [0.3, 0.4) is 0 Å². The summed E-state index contributed by atoms with van der Waals surface area (Å²) in [6.07, 6.45) is -0.594. The third kappa shape index (κ3) is 4.77. The molecule has 0 fully saturated rings. The fourth-order valence-corrected chi connectivity index (χ4v) is 4.56. The molecule has 0 aliphatic heterocycles. The molecule has 34 heavy (non-hydrogen) atoms. The number of carboxylic acids is 1. The molecule has 7 nitrogen and oxygen atoms in total. The van der Waals surface area contributed by atoms with Crippen molar-refractivity contribution in [1.29, 1.82) is 0 Å². The number of nitrogens with one attached hydrogen (secondary N) is 2. The lowest BCUT2D eigenvalue weighted by atomic mass is 9.98. The lowest BCUT2D eigenvalue weighted by molar-refractivity contribution is -0.143. The standard InChI is InChI=1S/C26H23IN2O5/c1-26(2,24(31)32)29-23(30)15-11-12-22(21(27)13-15)28-25(33)34-14-20-18-9-5-3-7-16(18)17-8-4-6-10-19(17)20/h3-13,20H,14H2,1-2H3,(H,28,33)(H,29,30)(H,31,32). The van der Waals surface area contributed by atoms with Crippen LogP contribution in [-0.4, -0.2) is 35.2 Å². The zero-order valence-corrected chi connectivity index (χ0v) is 20.8. The first-order valence-corrected chi connectivity index (χ1v) is 11.7. The zero-order valence-electron chi connectivity index (χ0n) is 18.6. The van der Waals surface area contributed by atoms with E-state index in [1.165, 1.54) is 19.9 Å². The Balaban J connectivity index is 1.41. The number of fused-ring (bicyclic) bond motifs is 3. The second-order valence-corrected chi connectivity index (χ2v) is 9.69. The van der Waals surface area contributed by atoms with Crippen molar-refractivity contribution in [2.24, 2.45) is 0 Å². The SMILES string of the molecule is CC(C)(NC(=O)c1ccc(NC(=O)OCC2c3ccccc3-c3ccccc32)c(I)c1)C(=O)O. The molecule has 2 amide bonds. The van der Waals surface area contributed by atoms with Gasteiger partial charge in [-0.3, -0.25) is 10.1 Å². The number of anilines is 1. The van der Waals surface area contributed by atoms with Gasteiger partial charge in [-0.2, -0.15) is 0 Å². The monoisotopic (exact) mass is 570 g/mol. The van der Waals surface area contributed by atoms with Crippen molar-refractivity contribution in [3.8, 4) is 11.1 Å². The van der Waals surface area contributed by atoms with E-state index in [2.05, 4.69) is 34.9 Å². The third-order valence-corrected chi connectivity index (χ3v) is 6.66. The number of halogens is 1. The second-order valence-electron chi connectivity index (χ2n) is 8.53. The van der Waals surface area contributed by atoms with Gasteiger partial charge in [-0.05, 0) is 76.9 Å². The van der Waals surface area contributed by atoms with E-state index in [4.69, 9.17) is 4.74 Å². The molecule has 3 aromatic rings. The van der Waals surface area contributed by atoms with E-state index >= 15 is 0 Å². The Morgan fingerprint density at radius 3 is 2.12 bits per heavy atom. The van der Waals surface area contributed by atoms with Crippen LogP contribution in [0, 0.1) is 3.57 Å². The minimum Gasteiger partial charge on any atom is -0.480 e. The summed E-state index contributed by atoms with van der Waals surface area (Å²) in [6, 6.07) is 20.9. The van der Waals surface area contributed by atoms with Crippen LogP contribution in [0.15, 0.2) is 66.7 Å². The van der Waals surface area contributed by atoms with Gasteiger partial charge in [0.15, 0.2) is 0 Å². The van der Waals surface area contributed by atoms with Gasteiger partial charge in [0.1, 0.15) is 12.1 Å². The van der Waals surface area contributed by atoms with E-state index < -0.39 is 23.5 Å². The molecule has 174 valence electrons. The molecule has 3 aromatic carbocycles. The van der Waals surface area contributed by atoms with Crippen LogP contribution in [0.5, 0.6) is 0 Å². The lowest BCUT2D eigenvalue weighted by Crippen LogP contribution is -2.49. The molecule has 1 aliphatic rings. The quantitative estimate of drug-likeness (QED) is 0.352. The highest BCUT2D eigenvalue weighted by Crippen LogP contribution is 2.44. The van der Waals surface area contributed by atoms with Gasteiger partial charge in [-0.15, -0.1) is 0 Å². The first-order chi connectivity index (χ1) is 16.2. The highest BCUT2D eigenvalue weighted by molar-refractivity contribution is 14.1. The number of carbonyl (C=O) groups is 3. The molecule has 0 unspecified atom stereocenters.